The molecular formula is C2H5KO. The molecule has 2 heteroatoms. The van der Waals surface area contributed by atoms with Crippen molar-refractivity contribution < 1.29 is 4.79 Å². The topological polar surface area (TPSA) is 17.1 Å². The molecule has 0 aliphatic carbocycles. The average molecular weight is 84.2 g/mol. The number of carbonyl (C=O) groups excluding carboxylic acids is 1. The predicted molar refractivity (Wildman–Crippen MR) is 18.9 cm³/mol. The molecule has 0 heterocycles. The van der Waals surface area contributed by atoms with E-state index in [0.717, 1.165) is 6.29 Å². The zero-order valence-electron chi connectivity index (χ0n) is 1.99. The molecule has 0 aliphatic heterocycles. The monoisotopic (exact) mass is 84.0 g/mol. The van der Waals surface area contributed by atoms with Crippen LogP contribution in [0.1, 0.15) is 6.92 Å². The third-order valence-electron chi connectivity index (χ3n) is 0. The molecule has 0 bridgehead atoms. The minimum absolute atomic E-state index is 0. The van der Waals surface area contributed by atoms with Crippen LogP contribution in [0.3, 0.4) is 0 Å². The Morgan fingerprint density at radius 2 is 1.75 bits per heavy atom. The summed E-state index contributed by atoms with van der Waals surface area (Å²) in [7, 11) is 0. The summed E-state index contributed by atoms with van der Waals surface area (Å²) in [5, 5.41) is 0. The van der Waals surface area contributed by atoms with Gasteiger partial charge in [0.05, 0.1) is 0 Å². The van der Waals surface area contributed by atoms with E-state index in [4.69, 9.17) is 4.79 Å². The zero-order chi connectivity index (χ0) is 2.71. The molecule has 0 aromatic heterocycles. The van der Waals surface area contributed by atoms with Crippen LogP contribution in [0.2, 0.25) is 0 Å². The molecular weight excluding hydrogens is 79.1 g/mol. The van der Waals surface area contributed by atoms with E-state index >= 15 is 0 Å². The van der Waals surface area contributed by atoms with E-state index in [1.54, 1.807) is 0 Å². The zero-order valence-corrected chi connectivity index (χ0v) is 1.99. The van der Waals surface area contributed by atoms with Crippen molar-refractivity contribution in [1.82, 2.24) is 0 Å². The Labute approximate surface area is 68.2 Å². The van der Waals surface area contributed by atoms with Gasteiger partial charge >= 0.3 is 51.4 Å². The van der Waals surface area contributed by atoms with Gasteiger partial charge in [0.2, 0.25) is 0 Å². The number of rotatable bonds is 0. The molecule has 0 saturated heterocycles. The fourth-order valence-electron chi connectivity index (χ4n) is 0. The summed E-state index contributed by atoms with van der Waals surface area (Å²) in [6.45, 7) is 1.44. The molecule has 0 radical (unpaired) electrons. The molecule has 0 unspecified atom stereocenters. The van der Waals surface area contributed by atoms with Gasteiger partial charge in [0.1, 0.15) is 6.29 Å². The molecule has 0 fully saturated rings. The van der Waals surface area contributed by atoms with Gasteiger partial charge in [-0.3, -0.25) is 0 Å². The van der Waals surface area contributed by atoms with Gasteiger partial charge in [-0.05, 0) is 6.92 Å². The Morgan fingerprint density at radius 1 is 1.75 bits per heavy atom. The molecule has 0 aromatic carbocycles. The van der Waals surface area contributed by atoms with Crippen molar-refractivity contribution in [2.45, 2.75) is 6.92 Å². The Bertz CT molecular complexity index is 13.5. The van der Waals surface area contributed by atoms with Gasteiger partial charge in [0.25, 0.3) is 0 Å². The quantitative estimate of drug-likeness (QED) is 0.287. The average Bonchev–Trinajstić information content (AvgIpc) is 0.918. The van der Waals surface area contributed by atoms with E-state index in [-0.39, 0.29) is 51.4 Å². The Balaban J connectivity index is 0. The van der Waals surface area contributed by atoms with E-state index in [0.29, 0.717) is 0 Å². The molecule has 0 aromatic rings. The number of hydrogen-bond donors (Lipinski definition) is 0. The summed E-state index contributed by atoms with van der Waals surface area (Å²) < 4.78 is 0. The van der Waals surface area contributed by atoms with Crippen molar-refractivity contribution in [2.24, 2.45) is 0 Å². The fourth-order valence-corrected chi connectivity index (χ4v) is 0. The van der Waals surface area contributed by atoms with Gasteiger partial charge in [-0.25, -0.2) is 0 Å². The van der Waals surface area contributed by atoms with Crippen LogP contribution in [-0.2, 0) is 4.79 Å². The second-order valence-electron chi connectivity index (χ2n) is 0.236. The Hall–Kier alpha value is 1.31. The minimum atomic E-state index is 0. The maximum absolute atomic E-state index is 8.81. The molecule has 1 nitrogen and oxygen atoms in total. The van der Waals surface area contributed by atoms with Gasteiger partial charge in [0, 0.05) is 0 Å². The SMILES string of the molecule is CC=O.[KH]. The van der Waals surface area contributed by atoms with E-state index in [9.17, 15) is 0 Å². The van der Waals surface area contributed by atoms with Crippen molar-refractivity contribution in [2.75, 3.05) is 0 Å². The molecule has 0 aliphatic rings. The molecule has 0 amide bonds. The predicted octanol–water partition coefficient (Wildman–Crippen LogP) is -0.443. The number of hydrogen-bond acceptors (Lipinski definition) is 1. The van der Waals surface area contributed by atoms with E-state index < -0.39 is 0 Å². The Kier molecular flexibility index (Phi) is 19.9. The van der Waals surface area contributed by atoms with Crippen molar-refractivity contribution in [3.8, 4) is 0 Å². The second kappa shape index (κ2) is 8.85. The van der Waals surface area contributed by atoms with Crippen molar-refractivity contribution in [1.29, 1.82) is 0 Å². The number of aldehydes is 1. The first-order valence-corrected chi connectivity index (χ1v) is 0.813. The van der Waals surface area contributed by atoms with Gasteiger partial charge in [-0.2, -0.15) is 0 Å². The summed E-state index contributed by atoms with van der Waals surface area (Å²) in [5.74, 6) is 0. The van der Waals surface area contributed by atoms with Crippen LogP contribution in [0.25, 0.3) is 0 Å². The maximum atomic E-state index is 8.81. The molecule has 0 spiro atoms. The van der Waals surface area contributed by atoms with Crippen molar-refractivity contribution in [3.63, 3.8) is 0 Å². The van der Waals surface area contributed by atoms with E-state index in [1.165, 1.54) is 6.92 Å². The molecule has 0 atom stereocenters. The molecule has 0 saturated carbocycles. The van der Waals surface area contributed by atoms with Crippen LogP contribution in [0.5, 0.6) is 0 Å². The first-order valence-electron chi connectivity index (χ1n) is 0.813. The fraction of sp³-hybridized carbons (Fsp3) is 0.500. The van der Waals surface area contributed by atoms with Gasteiger partial charge in [0.15, 0.2) is 0 Å². The summed E-state index contributed by atoms with van der Waals surface area (Å²) in [6, 6.07) is 0. The van der Waals surface area contributed by atoms with Crippen LogP contribution >= 0.6 is 0 Å². The van der Waals surface area contributed by atoms with Crippen LogP contribution in [0, 0.1) is 0 Å². The van der Waals surface area contributed by atoms with E-state index in [1.807, 2.05) is 0 Å². The first-order chi connectivity index (χ1) is 1.41. The second-order valence-corrected chi connectivity index (χ2v) is 0.236. The van der Waals surface area contributed by atoms with E-state index in [2.05, 4.69) is 0 Å². The normalized spacial score (nSPS) is 3.25. The summed E-state index contributed by atoms with van der Waals surface area (Å²) in [4.78, 5) is 8.81. The summed E-state index contributed by atoms with van der Waals surface area (Å²) in [5.41, 5.74) is 0. The van der Waals surface area contributed by atoms with Gasteiger partial charge in [-0.15, -0.1) is 0 Å². The summed E-state index contributed by atoms with van der Waals surface area (Å²) >= 11 is 0. The molecule has 0 rings (SSSR count). The third-order valence-corrected chi connectivity index (χ3v) is 0. The Morgan fingerprint density at radius 3 is 1.75 bits per heavy atom. The van der Waals surface area contributed by atoms with Crippen LogP contribution < -0.4 is 0 Å². The van der Waals surface area contributed by atoms with Gasteiger partial charge < -0.3 is 4.79 Å². The van der Waals surface area contributed by atoms with Crippen LogP contribution in [-0.4, -0.2) is 57.7 Å². The molecule has 4 heavy (non-hydrogen) atoms. The molecule has 0 N–H and O–H groups in total. The third kappa shape index (κ3) is 10.3. The first kappa shape index (κ1) is 9.00. The summed E-state index contributed by atoms with van der Waals surface area (Å²) in [6.07, 6.45) is 0.750. The van der Waals surface area contributed by atoms with Crippen molar-refractivity contribution >= 4 is 57.7 Å². The molecule has 20 valence electrons. The van der Waals surface area contributed by atoms with Crippen molar-refractivity contribution in [3.05, 3.63) is 0 Å². The standard InChI is InChI=1S/C2H4O.K.H/c1-2-3;;/h2H,1H3;;. The van der Waals surface area contributed by atoms with Crippen LogP contribution in [0.4, 0.5) is 0 Å². The van der Waals surface area contributed by atoms with Gasteiger partial charge in [-0.1, -0.05) is 0 Å². The number of carbonyl (C=O) groups is 1. The van der Waals surface area contributed by atoms with Crippen LogP contribution in [0.15, 0.2) is 0 Å².